The predicted octanol–water partition coefficient (Wildman–Crippen LogP) is 6.67. The maximum absolute atomic E-state index is 15.0. The van der Waals surface area contributed by atoms with Crippen molar-refractivity contribution < 1.29 is 32.3 Å². The lowest BCUT2D eigenvalue weighted by atomic mass is 9.63. The van der Waals surface area contributed by atoms with Crippen LogP contribution in [-0.2, 0) is 40.1 Å². The number of aryl methyl sites for hydroxylation is 2. The highest BCUT2D eigenvalue weighted by Gasteiger charge is 2.56. The van der Waals surface area contributed by atoms with E-state index in [1.165, 1.54) is 12.1 Å². The summed E-state index contributed by atoms with van der Waals surface area (Å²) >= 11 is 0. The fourth-order valence-corrected chi connectivity index (χ4v) is 7.65. The monoisotopic (exact) mass is 608 g/mol. The minimum absolute atomic E-state index is 0.0953. The molecule has 0 aromatic heterocycles. The average molecular weight is 609 g/mol. The summed E-state index contributed by atoms with van der Waals surface area (Å²) in [7, 11) is 0. The zero-order chi connectivity index (χ0) is 31.4. The van der Waals surface area contributed by atoms with Crippen LogP contribution in [0.3, 0.4) is 0 Å². The van der Waals surface area contributed by atoms with E-state index in [-0.39, 0.29) is 36.6 Å². The molecule has 1 aliphatic carbocycles. The van der Waals surface area contributed by atoms with E-state index >= 15 is 4.39 Å². The third-order valence-corrected chi connectivity index (χ3v) is 10.0. The molecule has 0 saturated carbocycles. The Morgan fingerprint density at radius 1 is 0.977 bits per heavy atom. The number of hydrogen-bond acceptors (Lipinski definition) is 3. The van der Waals surface area contributed by atoms with Crippen molar-refractivity contribution in [3.63, 3.8) is 0 Å². The molecule has 5 nitrogen and oxygen atoms in total. The first-order chi connectivity index (χ1) is 20.8. The SMILES string of the molecule is Cc1cccc(CC23CCN(C(=O)[C@@H]4CCC(=O)N4Cc4ccc(O)cc4)C2CCc2cc(C(C)(F)C(F)(F)F)ccc23)c1. The van der Waals surface area contributed by atoms with E-state index in [4.69, 9.17) is 0 Å². The Bertz CT molecular complexity index is 1590. The van der Waals surface area contributed by atoms with Crippen molar-refractivity contribution in [2.45, 2.75) is 88.3 Å². The van der Waals surface area contributed by atoms with Crippen molar-refractivity contribution in [2.24, 2.45) is 0 Å². The summed E-state index contributed by atoms with van der Waals surface area (Å²) in [5, 5.41) is 9.66. The zero-order valence-electron chi connectivity index (χ0n) is 24.8. The molecule has 44 heavy (non-hydrogen) atoms. The number of alkyl halides is 4. The number of aromatic hydroxyl groups is 1. The van der Waals surface area contributed by atoms with Gasteiger partial charge >= 0.3 is 6.18 Å². The molecule has 4 atom stereocenters. The molecule has 2 amide bonds. The van der Waals surface area contributed by atoms with Gasteiger partial charge in [-0.1, -0.05) is 60.2 Å². The van der Waals surface area contributed by atoms with E-state index in [0.717, 1.165) is 22.3 Å². The maximum atomic E-state index is 15.0. The molecule has 232 valence electrons. The Kier molecular flexibility index (Phi) is 7.49. The molecule has 0 radical (unpaired) electrons. The van der Waals surface area contributed by atoms with Crippen molar-refractivity contribution in [2.75, 3.05) is 6.54 Å². The van der Waals surface area contributed by atoms with E-state index in [2.05, 4.69) is 6.07 Å². The number of hydrogen-bond donors (Lipinski definition) is 1. The van der Waals surface area contributed by atoms with Gasteiger partial charge in [0.25, 0.3) is 0 Å². The van der Waals surface area contributed by atoms with Crippen LogP contribution < -0.4 is 0 Å². The number of halogens is 4. The fourth-order valence-electron chi connectivity index (χ4n) is 7.65. The number of carbonyl (C=O) groups is 2. The van der Waals surface area contributed by atoms with Gasteiger partial charge in [0.05, 0.1) is 0 Å². The number of phenols is 1. The normalized spacial score (nSPS) is 24.6. The lowest BCUT2D eigenvalue weighted by Crippen LogP contribution is -2.53. The predicted molar refractivity (Wildman–Crippen MR) is 158 cm³/mol. The molecule has 2 heterocycles. The molecule has 3 aromatic carbocycles. The van der Waals surface area contributed by atoms with E-state index in [1.54, 1.807) is 35.2 Å². The largest absolute Gasteiger partial charge is 0.508 e. The summed E-state index contributed by atoms with van der Waals surface area (Å²) in [4.78, 5) is 30.7. The van der Waals surface area contributed by atoms with Gasteiger partial charge in [0, 0.05) is 31.0 Å². The zero-order valence-corrected chi connectivity index (χ0v) is 24.8. The minimum Gasteiger partial charge on any atom is -0.508 e. The highest BCUT2D eigenvalue weighted by atomic mass is 19.4. The summed E-state index contributed by atoms with van der Waals surface area (Å²) in [5.41, 5.74) is 0.0773. The molecule has 3 unspecified atom stereocenters. The lowest BCUT2D eigenvalue weighted by Gasteiger charge is -2.45. The Balaban J connectivity index is 1.35. The average Bonchev–Trinajstić information content (AvgIpc) is 3.53. The van der Waals surface area contributed by atoms with E-state index in [9.17, 15) is 27.9 Å². The molecule has 1 N–H and O–H groups in total. The first kappa shape index (κ1) is 30.2. The van der Waals surface area contributed by atoms with Crippen LogP contribution in [0.25, 0.3) is 0 Å². The molecule has 2 saturated heterocycles. The third kappa shape index (κ3) is 5.14. The van der Waals surface area contributed by atoms with Gasteiger partial charge in [-0.3, -0.25) is 9.59 Å². The Hall–Kier alpha value is -3.88. The van der Waals surface area contributed by atoms with Gasteiger partial charge in [0.15, 0.2) is 0 Å². The highest BCUT2D eigenvalue weighted by Crippen LogP contribution is 2.51. The van der Waals surface area contributed by atoms with Crippen LogP contribution in [0.1, 0.15) is 66.0 Å². The van der Waals surface area contributed by atoms with Crippen LogP contribution in [-0.4, -0.2) is 51.5 Å². The van der Waals surface area contributed by atoms with Gasteiger partial charge in [-0.25, -0.2) is 4.39 Å². The van der Waals surface area contributed by atoms with Crippen molar-refractivity contribution in [1.82, 2.24) is 9.80 Å². The van der Waals surface area contributed by atoms with Crippen LogP contribution in [0.5, 0.6) is 5.75 Å². The molecule has 3 aliphatic rings. The second kappa shape index (κ2) is 10.9. The maximum Gasteiger partial charge on any atom is 0.426 e. The lowest BCUT2D eigenvalue weighted by molar-refractivity contribution is -0.228. The summed E-state index contributed by atoms with van der Waals surface area (Å²) in [6.45, 7) is 3.28. The number of carbonyl (C=O) groups excluding carboxylic acids is 2. The van der Waals surface area contributed by atoms with Crippen LogP contribution in [0, 0.1) is 6.92 Å². The first-order valence-electron chi connectivity index (χ1n) is 15.1. The van der Waals surface area contributed by atoms with E-state index in [1.807, 2.05) is 30.0 Å². The smallest absolute Gasteiger partial charge is 0.426 e. The van der Waals surface area contributed by atoms with Gasteiger partial charge in [0.1, 0.15) is 11.8 Å². The number of amides is 2. The second-order valence-electron chi connectivity index (χ2n) is 12.8. The summed E-state index contributed by atoms with van der Waals surface area (Å²) < 4.78 is 55.9. The molecule has 6 rings (SSSR count). The molecule has 0 spiro atoms. The number of phenolic OH excluding ortho intramolecular Hbond substituents is 1. The van der Waals surface area contributed by atoms with Gasteiger partial charge in [-0.05, 0) is 85.9 Å². The van der Waals surface area contributed by atoms with Crippen molar-refractivity contribution in [3.05, 3.63) is 100 Å². The van der Waals surface area contributed by atoms with Gasteiger partial charge in [-0.2, -0.15) is 13.2 Å². The van der Waals surface area contributed by atoms with Crippen LogP contribution in [0.2, 0.25) is 0 Å². The second-order valence-corrected chi connectivity index (χ2v) is 12.8. The number of benzene rings is 3. The molecular formula is C35H36F4N2O3. The van der Waals surface area contributed by atoms with E-state index < -0.39 is 28.9 Å². The Morgan fingerprint density at radius 3 is 2.43 bits per heavy atom. The van der Waals surface area contributed by atoms with Crippen LogP contribution in [0.15, 0.2) is 66.7 Å². The van der Waals surface area contributed by atoms with Gasteiger partial charge < -0.3 is 14.9 Å². The number of rotatable bonds is 6. The summed E-state index contributed by atoms with van der Waals surface area (Å²) in [6.07, 6.45) is -2.22. The Labute approximate surface area is 254 Å². The topological polar surface area (TPSA) is 60.9 Å². The number of nitrogens with zero attached hydrogens (tertiary/aromatic N) is 2. The summed E-state index contributed by atoms with van der Waals surface area (Å²) in [6, 6.07) is 18.1. The molecule has 2 fully saturated rings. The fraction of sp³-hybridized carbons (Fsp3) is 0.429. The third-order valence-electron chi connectivity index (χ3n) is 10.0. The van der Waals surface area contributed by atoms with Gasteiger partial charge in [0.2, 0.25) is 17.5 Å². The minimum atomic E-state index is -5.04. The first-order valence-corrected chi connectivity index (χ1v) is 15.1. The van der Waals surface area contributed by atoms with Crippen molar-refractivity contribution >= 4 is 11.8 Å². The summed E-state index contributed by atoms with van der Waals surface area (Å²) in [5.74, 6) is -0.0864. The van der Waals surface area contributed by atoms with Crippen molar-refractivity contribution in [3.8, 4) is 5.75 Å². The molecule has 9 heteroatoms. The highest BCUT2D eigenvalue weighted by molar-refractivity contribution is 5.91. The van der Waals surface area contributed by atoms with Crippen LogP contribution in [0.4, 0.5) is 17.6 Å². The number of likely N-dealkylation sites (tertiary alicyclic amines) is 2. The van der Waals surface area contributed by atoms with Gasteiger partial charge in [-0.15, -0.1) is 0 Å². The molecule has 0 bridgehead atoms. The van der Waals surface area contributed by atoms with E-state index in [0.29, 0.717) is 51.1 Å². The quantitative estimate of drug-likeness (QED) is 0.318. The van der Waals surface area contributed by atoms with Crippen LogP contribution >= 0.6 is 0 Å². The molecular weight excluding hydrogens is 572 g/mol. The molecule has 2 aliphatic heterocycles. The molecule has 3 aromatic rings. The Morgan fingerprint density at radius 2 is 1.73 bits per heavy atom. The van der Waals surface area contributed by atoms with Crippen molar-refractivity contribution in [1.29, 1.82) is 0 Å². The number of fused-ring (bicyclic) bond motifs is 3. The standard InChI is InChI=1S/C35H36F4N2O3/c1-22-4-3-5-24(18-22)20-34-16-17-40(32(44)29-13-15-31(43)41(29)21-23-6-10-27(42)11-7-23)30(34)14-8-25-19-26(9-12-28(25)34)33(2,36)35(37,38)39/h3-7,9-12,18-19,29-30,42H,8,13-17,20-21H2,1-2H3/t29-,30?,33?,34?/m0/s1.